The lowest BCUT2D eigenvalue weighted by atomic mass is 10.3. The van der Waals surface area contributed by atoms with Gasteiger partial charge >= 0.3 is 5.97 Å². The van der Waals surface area contributed by atoms with E-state index in [0.717, 1.165) is 0 Å². The molecule has 0 aromatic carbocycles. The largest absolute Gasteiger partial charge is 0.476 e. The maximum atomic E-state index is 10.8. The molecule has 88 valence electrons. The van der Waals surface area contributed by atoms with Crippen molar-refractivity contribution in [1.29, 1.82) is 0 Å². The first kappa shape index (κ1) is 11.4. The van der Waals surface area contributed by atoms with Crippen LogP contribution in [0.5, 0.6) is 0 Å². The molecule has 6 nitrogen and oxygen atoms in total. The number of carboxylic acid groups (broad SMARTS) is 1. The van der Waals surface area contributed by atoms with Crippen molar-refractivity contribution in [1.82, 2.24) is 10.1 Å². The summed E-state index contributed by atoms with van der Waals surface area (Å²) in [7, 11) is 0. The van der Waals surface area contributed by atoms with Crippen molar-refractivity contribution in [3.63, 3.8) is 0 Å². The average Bonchev–Trinajstić information content (AvgIpc) is 2.80. The van der Waals surface area contributed by atoms with E-state index in [1.807, 2.05) is 0 Å². The van der Waals surface area contributed by atoms with Crippen LogP contribution in [-0.4, -0.2) is 21.2 Å². The SMILES string of the molecule is O=C(O)c1nc(NCc2ccno2)ccc1Cl. The van der Waals surface area contributed by atoms with Crippen LogP contribution in [0.15, 0.2) is 28.9 Å². The molecule has 2 aromatic rings. The van der Waals surface area contributed by atoms with Crippen molar-refractivity contribution in [2.24, 2.45) is 0 Å². The number of hydrogen-bond donors (Lipinski definition) is 2. The van der Waals surface area contributed by atoms with Crippen LogP contribution in [0.25, 0.3) is 0 Å². The molecule has 17 heavy (non-hydrogen) atoms. The van der Waals surface area contributed by atoms with E-state index in [-0.39, 0.29) is 10.7 Å². The molecule has 0 amide bonds. The van der Waals surface area contributed by atoms with E-state index in [4.69, 9.17) is 21.2 Å². The standard InChI is InChI=1S/C10H8ClN3O3/c11-7-1-2-8(14-9(7)10(15)16)12-5-6-3-4-13-17-6/h1-4H,5H2,(H,12,14)(H,15,16). The Bertz CT molecular complexity index is 528. The Balaban J connectivity index is 2.11. The second kappa shape index (κ2) is 4.84. The van der Waals surface area contributed by atoms with E-state index in [1.165, 1.54) is 12.3 Å². The van der Waals surface area contributed by atoms with Crippen molar-refractivity contribution >= 4 is 23.4 Å². The lowest BCUT2D eigenvalue weighted by Crippen LogP contribution is -2.06. The van der Waals surface area contributed by atoms with E-state index in [0.29, 0.717) is 18.1 Å². The van der Waals surface area contributed by atoms with Gasteiger partial charge in [0, 0.05) is 6.07 Å². The third kappa shape index (κ3) is 2.73. The molecule has 0 radical (unpaired) electrons. The highest BCUT2D eigenvalue weighted by atomic mass is 35.5. The monoisotopic (exact) mass is 253 g/mol. The summed E-state index contributed by atoms with van der Waals surface area (Å²) in [6.45, 7) is 0.369. The number of carboxylic acids is 1. The molecule has 0 unspecified atom stereocenters. The number of aromatic carboxylic acids is 1. The van der Waals surface area contributed by atoms with Crippen LogP contribution >= 0.6 is 11.6 Å². The predicted molar refractivity (Wildman–Crippen MR) is 60.0 cm³/mol. The minimum atomic E-state index is -1.17. The highest BCUT2D eigenvalue weighted by Crippen LogP contribution is 2.17. The molecule has 2 aromatic heterocycles. The van der Waals surface area contributed by atoms with Gasteiger partial charge in [-0.15, -0.1) is 0 Å². The number of carbonyl (C=O) groups is 1. The van der Waals surface area contributed by atoms with E-state index < -0.39 is 5.97 Å². The Morgan fingerprint density at radius 3 is 2.94 bits per heavy atom. The molecule has 0 aliphatic rings. The Morgan fingerprint density at radius 1 is 1.47 bits per heavy atom. The summed E-state index contributed by atoms with van der Waals surface area (Å²) in [5.41, 5.74) is -0.186. The molecular weight excluding hydrogens is 246 g/mol. The Labute approximate surface area is 101 Å². The van der Waals surface area contributed by atoms with E-state index in [1.54, 1.807) is 12.1 Å². The van der Waals surface area contributed by atoms with Crippen molar-refractivity contribution in [2.75, 3.05) is 5.32 Å². The number of hydrogen-bond acceptors (Lipinski definition) is 5. The third-order valence-corrected chi connectivity index (χ3v) is 2.29. The number of aromatic nitrogens is 2. The van der Waals surface area contributed by atoms with Gasteiger partial charge in [0.15, 0.2) is 11.5 Å². The van der Waals surface area contributed by atoms with Crippen LogP contribution in [0.2, 0.25) is 5.02 Å². The maximum Gasteiger partial charge on any atom is 0.356 e. The normalized spacial score (nSPS) is 10.2. The second-order valence-electron chi connectivity index (χ2n) is 3.16. The highest BCUT2D eigenvalue weighted by Gasteiger charge is 2.11. The number of nitrogens with one attached hydrogen (secondary N) is 1. The fourth-order valence-corrected chi connectivity index (χ4v) is 1.39. The van der Waals surface area contributed by atoms with Crippen LogP contribution in [0.4, 0.5) is 5.82 Å². The molecule has 7 heteroatoms. The van der Waals surface area contributed by atoms with Crippen molar-refractivity contribution in [3.05, 3.63) is 40.9 Å². The molecule has 2 rings (SSSR count). The first-order valence-corrected chi connectivity index (χ1v) is 5.08. The van der Waals surface area contributed by atoms with Gasteiger partial charge in [0.25, 0.3) is 0 Å². The molecule has 0 aliphatic carbocycles. The Morgan fingerprint density at radius 2 is 2.29 bits per heavy atom. The van der Waals surface area contributed by atoms with E-state index in [9.17, 15) is 4.79 Å². The van der Waals surface area contributed by atoms with Gasteiger partial charge in [0.1, 0.15) is 5.82 Å². The smallest absolute Gasteiger partial charge is 0.356 e. The van der Waals surface area contributed by atoms with Crippen LogP contribution in [0.1, 0.15) is 16.2 Å². The van der Waals surface area contributed by atoms with Gasteiger partial charge in [0.2, 0.25) is 0 Å². The van der Waals surface area contributed by atoms with Crippen LogP contribution in [0.3, 0.4) is 0 Å². The summed E-state index contributed by atoms with van der Waals surface area (Å²) < 4.78 is 4.87. The van der Waals surface area contributed by atoms with Gasteiger partial charge in [-0.3, -0.25) is 0 Å². The van der Waals surface area contributed by atoms with Crippen molar-refractivity contribution in [2.45, 2.75) is 6.54 Å². The van der Waals surface area contributed by atoms with Gasteiger partial charge in [-0.25, -0.2) is 9.78 Å². The third-order valence-electron chi connectivity index (χ3n) is 1.98. The number of pyridine rings is 1. The van der Waals surface area contributed by atoms with Crippen LogP contribution in [0, 0.1) is 0 Å². The van der Waals surface area contributed by atoms with E-state index in [2.05, 4.69) is 15.5 Å². The fraction of sp³-hybridized carbons (Fsp3) is 0.100. The zero-order valence-electron chi connectivity index (χ0n) is 8.55. The number of nitrogens with zero attached hydrogens (tertiary/aromatic N) is 2. The lowest BCUT2D eigenvalue weighted by Gasteiger charge is -2.04. The molecule has 2 N–H and O–H groups in total. The predicted octanol–water partition coefficient (Wildman–Crippen LogP) is 2.03. The number of halogens is 1. The molecule has 0 fully saturated rings. The van der Waals surface area contributed by atoms with E-state index >= 15 is 0 Å². The lowest BCUT2D eigenvalue weighted by molar-refractivity contribution is 0.0691. The molecule has 0 aliphatic heterocycles. The van der Waals surface area contributed by atoms with Gasteiger partial charge in [-0.2, -0.15) is 0 Å². The summed E-state index contributed by atoms with van der Waals surface area (Å²) >= 11 is 5.69. The molecule has 0 spiro atoms. The maximum absolute atomic E-state index is 10.8. The molecule has 0 atom stereocenters. The topological polar surface area (TPSA) is 88.2 Å². The molecule has 0 saturated heterocycles. The van der Waals surface area contributed by atoms with Gasteiger partial charge in [-0.05, 0) is 12.1 Å². The molecule has 0 saturated carbocycles. The van der Waals surface area contributed by atoms with Gasteiger partial charge < -0.3 is 14.9 Å². The zero-order chi connectivity index (χ0) is 12.3. The van der Waals surface area contributed by atoms with Crippen LogP contribution in [-0.2, 0) is 6.54 Å². The van der Waals surface area contributed by atoms with Crippen LogP contribution < -0.4 is 5.32 Å². The summed E-state index contributed by atoms with van der Waals surface area (Å²) in [4.78, 5) is 14.7. The zero-order valence-corrected chi connectivity index (χ0v) is 9.31. The average molecular weight is 254 g/mol. The summed E-state index contributed by atoms with van der Waals surface area (Å²) in [5, 5.41) is 15.4. The van der Waals surface area contributed by atoms with Gasteiger partial charge in [0.05, 0.1) is 17.8 Å². The molecule has 2 heterocycles. The quantitative estimate of drug-likeness (QED) is 0.867. The minimum absolute atomic E-state index is 0.0997. The van der Waals surface area contributed by atoms with Crippen molar-refractivity contribution < 1.29 is 14.4 Å². The molecular formula is C10H8ClN3O3. The fourth-order valence-electron chi connectivity index (χ4n) is 1.20. The summed E-state index contributed by atoms with van der Waals surface area (Å²) in [6, 6.07) is 4.76. The second-order valence-corrected chi connectivity index (χ2v) is 3.57. The Hall–Kier alpha value is -2.08. The summed E-state index contributed by atoms with van der Waals surface area (Å²) in [6.07, 6.45) is 1.52. The van der Waals surface area contributed by atoms with Crippen molar-refractivity contribution in [3.8, 4) is 0 Å². The first-order chi connectivity index (χ1) is 8.16. The minimum Gasteiger partial charge on any atom is -0.476 e. The highest BCUT2D eigenvalue weighted by molar-refractivity contribution is 6.33. The van der Waals surface area contributed by atoms with Gasteiger partial charge in [-0.1, -0.05) is 16.8 Å². The Kier molecular flexibility index (Phi) is 3.24. The first-order valence-electron chi connectivity index (χ1n) is 4.70. The molecule has 0 bridgehead atoms. The number of anilines is 1. The number of rotatable bonds is 4. The summed E-state index contributed by atoms with van der Waals surface area (Å²) in [5.74, 6) is -0.139.